The number of amides is 1. The first-order valence-corrected chi connectivity index (χ1v) is 8.00. The van der Waals surface area contributed by atoms with Gasteiger partial charge in [0.25, 0.3) is 5.56 Å². The fourth-order valence-electron chi connectivity index (χ4n) is 2.57. The fourth-order valence-corrected chi connectivity index (χ4v) is 2.57. The molecule has 1 atom stereocenters. The van der Waals surface area contributed by atoms with E-state index in [1.54, 1.807) is 17.0 Å². The van der Waals surface area contributed by atoms with Crippen LogP contribution in [0.15, 0.2) is 35.3 Å². The van der Waals surface area contributed by atoms with Gasteiger partial charge in [-0.25, -0.2) is 4.68 Å². The van der Waals surface area contributed by atoms with Crippen molar-refractivity contribution in [3.63, 3.8) is 0 Å². The molecule has 3 heterocycles. The van der Waals surface area contributed by atoms with Crippen molar-refractivity contribution < 1.29 is 9.53 Å². The van der Waals surface area contributed by atoms with Crippen LogP contribution in [0.4, 0.5) is 5.82 Å². The molecular weight excluding hydrogens is 324 g/mol. The highest BCUT2D eigenvalue weighted by molar-refractivity contribution is 5.76. The molecule has 1 fully saturated rings. The summed E-state index contributed by atoms with van der Waals surface area (Å²) in [5.41, 5.74) is -0.292. The van der Waals surface area contributed by atoms with Gasteiger partial charge in [-0.05, 0) is 12.1 Å². The Morgan fingerprint density at radius 3 is 2.84 bits per heavy atom. The van der Waals surface area contributed by atoms with Crippen molar-refractivity contribution in [1.82, 2.24) is 24.9 Å². The number of hydrogen-bond donors (Lipinski definition) is 0. The smallest absolute Gasteiger partial charge is 0.267 e. The first kappa shape index (κ1) is 16.9. The van der Waals surface area contributed by atoms with Crippen LogP contribution in [0.25, 0.3) is 0 Å². The van der Waals surface area contributed by atoms with Crippen molar-refractivity contribution in [2.75, 3.05) is 32.1 Å². The lowest BCUT2D eigenvalue weighted by atomic mass is 10.3. The van der Waals surface area contributed by atoms with Crippen LogP contribution in [0, 0.1) is 0 Å². The number of hydrogen-bond acceptors (Lipinski definition) is 7. The maximum atomic E-state index is 12.3. The molecule has 0 unspecified atom stereocenters. The second-order valence-electron chi connectivity index (χ2n) is 6.01. The summed E-state index contributed by atoms with van der Waals surface area (Å²) in [6, 6.07) is 6.52. The van der Waals surface area contributed by atoms with E-state index >= 15 is 0 Å². The van der Waals surface area contributed by atoms with Crippen molar-refractivity contribution in [3.8, 4) is 5.88 Å². The van der Waals surface area contributed by atoms with Gasteiger partial charge in [0.1, 0.15) is 12.6 Å². The molecule has 9 nitrogen and oxygen atoms in total. The van der Waals surface area contributed by atoms with Gasteiger partial charge >= 0.3 is 0 Å². The van der Waals surface area contributed by atoms with E-state index in [1.807, 2.05) is 25.1 Å². The number of anilines is 1. The predicted molar refractivity (Wildman–Crippen MR) is 90.5 cm³/mol. The van der Waals surface area contributed by atoms with Gasteiger partial charge in [-0.1, -0.05) is 0 Å². The molecule has 0 saturated carbocycles. The van der Waals surface area contributed by atoms with Gasteiger partial charge in [0.05, 0.1) is 6.54 Å². The Morgan fingerprint density at radius 1 is 1.32 bits per heavy atom. The lowest BCUT2D eigenvalue weighted by Gasteiger charge is -2.17. The summed E-state index contributed by atoms with van der Waals surface area (Å²) in [4.78, 5) is 27.5. The molecule has 1 aliphatic heterocycles. The zero-order valence-electron chi connectivity index (χ0n) is 14.2. The molecular formula is C16H20N6O3. The van der Waals surface area contributed by atoms with Crippen LogP contribution in [0.3, 0.4) is 0 Å². The van der Waals surface area contributed by atoms with E-state index in [1.165, 1.54) is 12.3 Å². The van der Waals surface area contributed by atoms with Gasteiger partial charge in [0, 0.05) is 45.4 Å². The highest BCUT2D eigenvalue weighted by Crippen LogP contribution is 2.17. The van der Waals surface area contributed by atoms with E-state index in [2.05, 4.69) is 15.3 Å². The predicted octanol–water partition coefficient (Wildman–Crippen LogP) is -0.221. The molecule has 1 aliphatic rings. The first-order valence-electron chi connectivity index (χ1n) is 8.00. The second kappa shape index (κ2) is 7.29. The normalized spacial score (nSPS) is 16.7. The number of rotatable bonds is 5. The highest BCUT2D eigenvalue weighted by Gasteiger charge is 2.28. The van der Waals surface area contributed by atoms with E-state index in [-0.39, 0.29) is 24.1 Å². The molecule has 132 valence electrons. The molecule has 0 bridgehead atoms. The quantitative estimate of drug-likeness (QED) is 0.740. The largest absolute Gasteiger partial charge is 0.471 e. The molecule has 1 amide bonds. The average Bonchev–Trinajstić information content (AvgIpc) is 3.06. The Labute approximate surface area is 144 Å². The van der Waals surface area contributed by atoms with Gasteiger partial charge in [0.2, 0.25) is 11.8 Å². The van der Waals surface area contributed by atoms with Crippen LogP contribution >= 0.6 is 0 Å². The van der Waals surface area contributed by atoms with E-state index in [0.717, 1.165) is 10.5 Å². The SMILES string of the molecule is CN(C)c1ccc(O[C@@H]2CCN(C(=O)Cn3ncccc3=O)C2)nn1. The number of likely N-dealkylation sites (tertiary alicyclic amines) is 1. The minimum atomic E-state index is -0.292. The Hall–Kier alpha value is -2.97. The first-order chi connectivity index (χ1) is 12.0. The molecule has 25 heavy (non-hydrogen) atoms. The average molecular weight is 344 g/mol. The van der Waals surface area contributed by atoms with E-state index in [0.29, 0.717) is 25.4 Å². The molecule has 9 heteroatoms. The molecule has 0 N–H and O–H groups in total. The van der Waals surface area contributed by atoms with E-state index in [4.69, 9.17) is 4.74 Å². The Balaban J connectivity index is 1.55. The number of ether oxygens (including phenoxy) is 1. The summed E-state index contributed by atoms with van der Waals surface area (Å²) in [5, 5.41) is 12.0. The van der Waals surface area contributed by atoms with Crippen LogP contribution in [0.1, 0.15) is 6.42 Å². The lowest BCUT2D eigenvalue weighted by Crippen LogP contribution is -2.36. The number of aromatic nitrogens is 4. The van der Waals surface area contributed by atoms with Crippen molar-refractivity contribution in [1.29, 1.82) is 0 Å². The summed E-state index contributed by atoms with van der Waals surface area (Å²) in [7, 11) is 3.77. The third kappa shape index (κ3) is 4.11. The van der Waals surface area contributed by atoms with Crippen LogP contribution in [0.2, 0.25) is 0 Å². The zero-order chi connectivity index (χ0) is 17.8. The van der Waals surface area contributed by atoms with E-state index < -0.39 is 0 Å². The molecule has 2 aromatic rings. The molecule has 0 spiro atoms. The molecule has 3 rings (SSSR count). The lowest BCUT2D eigenvalue weighted by molar-refractivity contribution is -0.131. The molecule has 0 radical (unpaired) electrons. The molecule has 0 aromatic carbocycles. The Kier molecular flexibility index (Phi) is 4.92. The van der Waals surface area contributed by atoms with Gasteiger partial charge in [-0.15, -0.1) is 10.2 Å². The summed E-state index contributed by atoms with van der Waals surface area (Å²) >= 11 is 0. The standard InChI is InChI=1S/C16H20N6O3/c1-20(2)13-5-6-14(19-18-13)25-12-7-9-21(10-12)16(24)11-22-15(23)4-3-8-17-22/h3-6,8,12H,7,9-11H2,1-2H3/t12-/m1/s1. The van der Waals surface area contributed by atoms with Crippen LogP contribution in [-0.4, -0.2) is 64.1 Å². The maximum absolute atomic E-state index is 12.3. The van der Waals surface area contributed by atoms with Gasteiger partial charge in [0.15, 0.2) is 5.82 Å². The van der Waals surface area contributed by atoms with E-state index in [9.17, 15) is 9.59 Å². The van der Waals surface area contributed by atoms with Crippen LogP contribution < -0.4 is 15.2 Å². The molecule has 2 aromatic heterocycles. The zero-order valence-corrected chi connectivity index (χ0v) is 14.2. The number of carbonyl (C=O) groups is 1. The molecule has 0 aliphatic carbocycles. The number of nitrogens with zero attached hydrogens (tertiary/aromatic N) is 6. The van der Waals surface area contributed by atoms with Gasteiger partial charge in [-0.2, -0.15) is 5.10 Å². The van der Waals surface area contributed by atoms with Crippen molar-refractivity contribution in [3.05, 3.63) is 40.8 Å². The minimum absolute atomic E-state index is 0.0657. The molecule has 1 saturated heterocycles. The second-order valence-corrected chi connectivity index (χ2v) is 6.01. The van der Waals surface area contributed by atoms with Crippen LogP contribution in [-0.2, 0) is 11.3 Å². The van der Waals surface area contributed by atoms with Crippen LogP contribution in [0.5, 0.6) is 5.88 Å². The third-order valence-electron chi connectivity index (χ3n) is 3.94. The van der Waals surface area contributed by atoms with Crippen molar-refractivity contribution in [2.24, 2.45) is 0 Å². The minimum Gasteiger partial charge on any atom is -0.471 e. The summed E-state index contributed by atoms with van der Waals surface area (Å²) in [6.45, 7) is 0.968. The summed E-state index contributed by atoms with van der Waals surface area (Å²) in [5.74, 6) is 1.03. The summed E-state index contributed by atoms with van der Waals surface area (Å²) in [6.07, 6.45) is 2.06. The van der Waals surface area contributed by atoms with Gasteiger partial charge in [-0.3, -0.25) is 9.59 Å². The maximum Gasteiger partial charge on any atom is 0.267 e. The third-order valence-corrected chi connectivity index (χ3v) is 3.94. The van der Waals surface area contributed by atoms with Crippen molar-refractivity contribution in [2.45, 2.75) is 19.1 Å². The van der Waals surface area contributed by atoms with Crippen molar-refractivity contribution >= 4 is 11.7 Å². The monoisotopic (exact) mass is 344 g/mol. The number of carbonyl (C=O) groups excluding carboxylic acids is 1. The highest BCUT2D eigenvalue weighted by atomic mass is 16.5. The topological polar surface area (TPSA) is 93.5 Å². The van der Waals surface area contributed by atoms with Gasteiger partial charge < -0.3 is 14.5 Å². The summed E-state index contributed by atoms with van der Waals surface area (Å²) < 4.78 is 6.95. The fraction of sp³-hybridized carbons (Fsp3) is 0.438. The Bertz CT molecular complexity index is 789. The Morgan fingerprint density at radius 2 is 2.16 bits per heavy atom.